The molecule has 9 heteroatoms. The molecule has 0 radical (unpaired) electrons. The smallest absolute Gasteiger partial charge is 0.291 e. The maximum atomic E-state index is 13.2. The van der Waals surface area contributed by atoms with E-state index in [0.717, 1.165) is 42.6 Å². The van der Waals surface area contributed by atoms with Gasteiger partial charge in [0.1, 0.15) is 5.58 Å². The summed E-state index contributed by atoms with van der Waals surface area (Å²) in [5.41, 5.74) is 2.68. The molecule has 2 saturated heterocycles. The number of benzene rings is 2. The quantitative estimate of drug-likeness (QED) is 0.614. The Labute approximate surface area is 193 Å². The van der Waals surface area contributed by atoms with Crippen molar-refractivity contribution in [2.45, 2.75) is 24.7 Å². The molecule has 1 N–H and O–H groups in total. The van der Waals surface area contributed by atoms with Gasteiger partial charge >= 0.3 is 0 Å². The molecule has 2 aliphatic heterocycles. The number of aryl methyl sites for hydroxylation is 1. The number of sulfonamides is 1. The van der Waals surface area contributed by atoms with Gasteiger partial charge in [-0.2, -0.15) is 4.31 Å². The van der Waals surface area contributed by atoms with Crippen LogP contribution in [-0.2, 0) is 14.8 Å². The van der Waals surface area contributed by atoms with Crippen LogP contribution in [0, 0.1) is 6.92 Å². The largest absolute Gasteiger partial charge is 0.451 e. The summed E-state index contributed by atoms with van der Waals surface area (Å²) in [7, 11) is -3.69. The molecule has 2 aliphatic rings. The van der Waals surface area contributed by atoms with E-state index in [1.54, 1.807) is 18.2 Å². The van der Waals surface area contributed by atoms with Gasteiger partial charge in [-0.05, 0) is 44.0 Å². The van der Waals surface area contributed by atoms with Crippen LogP contribution in [0.2, 0.25) is 0 Å². The lowest BCUT2D eigenvalue weighted by Gasteiger charge is -2.27. The maximum absolute atomic E-state index is 13.2. The zero-order chi connectivity index (χ0) is 23.0. The van der Waals surface area contributed by atoms with E-state index in [4.69, 9.17) is 9.15 Å². The number of carbonyl (C=O) groups excluding carboxylic acids is 1. The van der Waals surface area contributed by atoms with Crippen LogP contribution in [0.4, 0.5) is 11.4 Å². The molecule has 0 atom stereocenters. The molecule has 5 rings (SSSR count). The van der Waals surface area contributed by atoms with Crippen molar-refractivity contribution in [3.63, 3.8) is 0 Å². The van der Waals surface area contributed by atoms with Crippen LogP contribution in [0.1, 0.15) is 29.0 Å². The summed E-state index contributed by atoms with van der Waals surface area (Å²) in [6, 6.07) is 12.5. The molecule has 0 saturated carbocycles. The number of amides is 1. The van der Waals surface area contributed by atoms with Crippen molar-refractivity contribution < 1.29 is 22.4 Å². The lowest BCUT2D eigenvalue weighted by atomic mass is 10.1. The second-order valence-electron chi connectivity index (χ2n) is 8.40. The Balaban J connectivity index is 1.51. The van der Waals surface area contributed by atoms with Gasteiger partial charge in [-0.25, -0.2) is 8.42 Å². The first-order valence-electron chi connectivity index (χ1n) is 11.2. The van der Waals surface area contributed by atoms with E-state index in [1.807, 2.05) is 31.2 Å². The molecule has 33 heavy (non-hydrogen) atoms. The molecule has 1 aromatic heterocycles. The van der Waals surface area contributed by atoms with E-state index in [2.05, 4.69) is 10.2 Å². The second-order valence-corrected chi connectivity index (χ2v) is 10.3. The minimum atomic E-state index is -3.69. The lowest BCUT2D eigenvalue weighted by Crippen LogP contribution is -2.40. The van der Waals surface area contributed by atoms with Crippen LogP contribution in [0.3, 0.4) is 0 Å². The zero-order valence-corrected chi connectivity index (χ0v) is 19.4. The Hall–Kier alpha value is -2.88. The molecule has 3 heterocycles. The normalized spacial score (nSPS) is 17.5. The molecule has 8 nitrogen and oxygen atoms in total. The van der Waals surface area contributed by atoms with Crippen molar-refractivity contribution in [2.75, 3.05) is 49.6 Å². The van der Waals surface area contributed by atoms with Gasteiger partial charge < -0.3 is 19.4 Å². The first kappa shape index (κ1) is 21.9. The van der Waals surface area contributed by atoms with E-state index >= 15 is 0 Å². The Kier molecular flexibility index (Phi) is 5.86. The fraction of sp³-hybridized carbons (Fsp3) is 0.375. The molecule has 0 bridgehead atoms. The molecular formula is C24H27N3O5S. The average Bonchev–Trinajstić information content (AvgIpc) is 3.48. The van der Waals surface area contributed by atoms with Gasteiger partial charge in [0.25, 0.3) is 5.91 Å². The van der Waals surface area contributed by atoms with Gasteiger partial charge in [0, 0.05) is 37.1 Å². The summed E-state index contributed by atoms with van der Waals surface area (Å²) in [4.78, 5) is 15.6. The summed E-state index contributed by atoms with van der Waals surface area (Å²) in [6.45, 7) is 4.96. The number of nitrogens with one attached hydrogen (secondary N) is 1. The number of rotatable bonds is 5. The Bertz CT molecular complexity index is 1290. The number of morpholine rings is 1. The van der Waals surface area contributed by atoms with Gasteiger partial charge in [0.2, 0.25) is 10.0 Å². The van der Waals surface area contributed by atoms with Gasteiger partial charge in [0.15, 0.2) is 5.76 Å². The van der Waals surface area contributed by atoms with E-state index in [0.29, 0.717) is 37.6 Å². The molecule has 2 fully saturated rings. The Morgan fingerprint density at radius 1 is 1.00 bits per heavy atom. The predicted octanol–water partition coefficient (Wildman–Crippen LogP) is 3.61. The number of anilines is 2. The minimum Gasteiger partial charge on any atom is -0.451 e. The van der Waals surface area contributed by atoms with Crippen LogP contribution in [0.25, 0.3) is 11.0 Å². The number of nitrogens with zero attached hydrogens (tertiary/aromatic N) is 2. The van der Waals surface area contributed by atoms with Crippen molar-refractivity contribution in [1.82, 2.24) is 4.31 Å². The number of para-hydroxylation sites is 1. The average molecular weight is 470 g/mol. The van der Waals surface area contributed by atoms with Crippen molar-refractivity contribution >= 4 is 38.3 Å². The lowest BCUT2D eigenvalue weighted by molar-refractivity contribution is 0.0730. The number of furan rings is 1. The van der Waals surface area contributed by atoms with Crippen LogP contribution in [0.5, 0.6) is 0 Å². The molecule has 0 unspecified atom stereocenters. The standard InChI is InChI=1S/C24H27N3O5S/c1-17-19-6-2-3-7-22(19)32-23(17)24(28)25-20-16-18(8-9-21(20)26-10-4-5-11-26)33(29,30)27-12-14-31-15-13-27/h2-3,6-9,16H,4-5,10-15H2,1H3,(H,25,28). The number of carbonyl (C=O) groups is 1. The molecule has 1 amide bonds. The Morgan fingerprint density at radius 2 is 1.73 bits per heavy atom. The fourth-order valence-electron chi connectivity index (χ4n) is 4.52. The summed E-state index contributed by atoms with van der Waals surface area (Å²) in [5.74, 6) is -0.171. The molecular weight excluding hydrogens is 442 g/mol. The van der Waals surface area contributed by atoms with Gasteiger partial charge in [-0.15, -0.1) is 0 Å². The first-order chi connectivity index (χ1) is 15.9. The predicted molar refractivity (Wildman–Crippen MR) is 126 cm³/mol. The van der Waals surface area contributed by atoms with Gasteiger partial charge in [-0.1, -0.05) is 18.2 Å². The number of hydrogen-bond acceptors (Lipinski definition) is 6. The third-order valence-corrected chi connectivity index (χ3v) is 8.22. The second kappa shape index (κ2) is 8.81. The van der Waals surface area contributed by atoms with E-state index < -0.39 is 15.9 Å². The van der Waals surface area contributed by atoms with Crippen LogP contribution >= 0.6 is 0 Å². The Morgan fingerprint density at radius 3 is 2.45 bits per heavy atom. The molecule has 0 aliphatic carbocycles. The SMILES string of the molecule is Cc1c(C(=O)Nc2cc(S(=O)(=O)N3CCOCC3)ccc2N2CCCC2)oc2ccccc12. The van der Waals surface area contributed by atoms with Crippen molar-refractivity contribution in [2.24, 2.45) is 0 Å². The minimum absolute atomic E-state index is 0.156. The highest BCUT2D eigenvalue weighted by molar-refractivity contribution is 7.89. The summed E-state index contributed by atoms with van der Waals surface area (Å²) in [5, 5.41) is 3.82. The third-order valence-electron chi connectivity index (χ3n) is 6.32. The van der Waals surface area contributed by atoms with Gasteiger partial charge in [0.05, 0.1) is 29.5 Å². The molecule has 2 aromatic carbocycles. The summed E-state index contributed by atoms with van der Waals surface area (Å²) in [6.07, 6.45) is 2.12. The van der Waals surface area contributed by atoms with E-state index in [-0.39, 0.29) is 10.7 Å². The highest BCUT2D eigenvalue weighted by Crippen LogP contribution is 2.34. The summed E-state index contributed by atoms with van der Waals surface area (Å²) < 4.78 is 39.0. The van der Waals surface area contributed by atoms with Crippen molar-refractivity contribution in [3.05, 3.63) is 53.8 Å². The van der Waals surface area contributed by atoms with Crippen molar-refractivity contribution in [3.8, 4) is 0 Å². The number of fused-ring (bicyclic) bond motifs is 1. The topological polar surface area (TPSA) is 92.1 Å². The van der Waals surface area contributed by atoms with Crippen LogP contribution < -0.4 is 10.2 Å². The molecule has 3 aromatic rings. The third kappa shape index (κ3) is 4.12. The zero-order valence-electron chi connectivity index (χ0n) is 18.5. The number of hydrogen-bond donors (Lipinski definition) is 1. The molecule has 0 spiro atoms. The van der Waals surface area contributed by atoms with Crippen LogP contribution in [-0.4, -0.2) is 58.0 Å². The van der Waals surface area contributed by atoms with Crippen molar-refractivity contribution in [1.29, 1.82) is 0 Å². The number of ether oxygens (including phenoxy) is 1. The van der Waals surface area contributed by atoms with Crippen LogP contribution in [0.15, 0.2) is 51.8 Å². The fourth-order valence-corrected chi connectivity index (χ4v) is 5.95. The van der Waals surface area contributed by atoms with Gasteiger partial charge in [-0.3, -0.25) is 4.79 Å². The first-order valence-corrected chi connectivity index (χ1v) is 12.7. The highest BCUT2D eigenvalue weighted by atomic mass is 32.2. The summed E-state index contributed by atoms with van der Waals surface area (Å²) >= 11 is 0. The maximum Gasteiger partial charge on any atom is 0.291 e. The van der Waals surface area contributed by atoms with E-state index in [1.165, 1.54) is 4.31 Å². The molecule has 174 valence electrons. The highest BCUT2D eigenvalue weighted by Gasteiger charge is 2.28. The van der Waals surface area contributed by atoms with E-state index in [9.17, 15) is 13.2 Å². The monoisotopic (exact) mass is 469 g/mol.